The van der Waals surface area contributed by atoms with E-state index in [0.29, 0.717) is 28.9 Å². The summed E-state index contributed by atoms with van der Waals surface area (Å²) < 4.78 is 5.41. The summed E-state index contributed by atoms with van der Waals surface area (Å²) in [4.78, 5) is 34.4. The molecule has 0 bridgehead atoms. The van der Waals surface area contributed by atoms with Gasteiger partial charge in [-0.15, -0.1) is 22.7 Å². The number of thiophene rings is 2. The van der Waals surface area contributed by atoms with Gasteiger partial charge in [0.25, 0.3) is 5.56 Å². The van der Waals surface area contributed by atoms with Crippen molar-refractivity contribution in [2.75, 3.05) is 0 Å². The molecule has 5 nitrogen and oxygen atoms in total. The van der Waals surface area contributed by atoms with Gasteiger partial charge in [0.1, 0.15) is 4.83 Å². The van der Waals surface area contributed by atoms with E-state index in [4.69, 9.17) is 4.74 Å². The van der Waals surface area contributed by atoms with Crippen LogP contribution in [0, 0.1) is 13.8 Å². The van der Waals surface area contributed by atoms with Crippen molar-refractivity contribution in [1.29, 1.82) is 0 Å². The van der Waals surface area contributed by atoms with Crippen LogP contribution in [0.3, 0.4) is 0 Å². The number of ether oxygens (including phenoxy) is 1. The number of nitrogens with one attached hydrogen (secondary N) is 1. The van der Waals surface area contributed by atoms with Gasteiger partial charge < -0.3 is 9.72 Å². The van der Waals surface area contributed by atoms with Crippen LogP contribution in [0.1, 0.15) is 40.6 Å². The SMILES string of the molecule is Cc1sc2nc([C@H](C)OC(=O)CCc3cccs3)[nH]c(=O)c2c1C. The van der Waals surface area contributed by atoms with Gasteiger partial charge in [-0.2, -0.15) is 0 Å². The highest BCUT2D eigenvalue weighted by Crippen LogP contribution is 2.27. The molecule has 0 aliphatic carbocycles. The predicted octanol–water partition coefficient (Wildman–Crippen LogP) is 3.90. The molecule has 0 radical (unpaired) electrons. The van der Waals surface area contributed by atoms with Gasteiger partial charge in [0.2, 0.25) is 0 Å². The third-order valence-electron chi connectivity index (χ3n) is 3.91. The van der Waals surface area contributed by atoms with Crippen LogP contribution in [0.5, 0.6) is 0 Å². The summed E-state index contributed by atoms with van der Waals surface area (Å²) in [6.07, 6.45) is 0.394. The molecule has 7 heteroatoms. The molecule has 126 valence electrons. The monoisotopic (exact) mass is 362 g/mol. The zero-order valence-corrected chi connectivity index (χ0v) is 15.3. The van der Waals surface area contributed by atoms with Crippen LogP contribution >= 0.6 is 22.7 Å². The third kappa shape index (κ3) is 3.42. The molecule has 3 rings (SSSR count). The van der Waals surface area contributed by atoms with Crippen molar-refractivity contribution >= 4 is 38.9 Å². The molecule has 0 saturated carbocycles. The van der Waals surface area contributed by atoms with Crippen molar-refractivity contribution in [2.45, 2.75) is 39.7 Å². The maximum Gasteiger partial charge on any atom is 0.306 e. The van der Waals surface area contributed by atoms with Crippen molar-refractivity contribution in [3.8, 4) is 0 Å². The summed E-state index contributed by atoms with van der Waals surface area (Å²) in [5.74, 6) is 0.0930. The molecular weight excluding hydrogens is 344 g/mol. The standard InChI is InChI=1S/C17H18N2O3S2/c1-9-11(3)24-17-14(9)16(21)18-15(19-17)10(2)22-13(20)7-6-12-5-4-8-23-12/h4-5,8,10H,6-7H2,1-3H3,(H,18,19,21)/t10-/m0/s1. The highest BCUT2D eigenvalue weighted by molar-refractivity contribution is 7.18. The van der Waals surface area contributed by atoms with Crippen LogP contribution in [-0.4, -0.2) is 15.9 Å². The molecule has 1 N–H and O–H groups in total. The molecule has 3 heterocycles. The number of carbonyl (C=O) groups excluding carboxylic acids is 1. The Kier molecular flexibility index (Phi) is 4.82. The van der Waals surface area contributed by atoms with Gasteiger partial charge in [-0.25, -0.2) is 4.98 Å². The molecule has 0 spiro atoms. The molecule has 0 aliphatic rings. The van der Waals surface area contributed by atoms with Crippen molar-refractivity contribution in [2.24, 2.45) is 0 Å². The van der Waals surface area contributed by atoms with Crippen LogP contribution < -0.4 is 5.56 Å². The van der Waals surface area contributed by atoms with Crippen molar-refractivity contribution in [1.82, 2.24) is 9.97 Å². The molecule has 0 fully saturated rings. The van der Waals surface area contributed by atoms with Gasteiger partial charge in [0.15, 0.2) is 11.9 Å². The summed E-state index contributed by atoms with van der Waals surface area (Å²) in [5.41, 5.74) is 0.772. The molecule has 1 atom stereocenters. The number of H-pyrrole nitrogens is 1. The maximum absolute atomic E-state index is 12.3. The highest BCUT2D eigenvalue weighted by Gasteiger charge is 2.18. The average molecular weight is 362 g/mol. The van der Waals surface area contributed by atoms with Crippen LogP contribution in [-0.2, 0) is 16.0 Å². The zero-order chi connectivity index (χ0) is 17.3. The minimum atomic E-state index is -0.583. The fraction of sp³-hybridized carbons (Fsp3) is 0.353. The number of esters is 1. The van der Waals surface area contributed by atoms with Crippen LogP contribution in [0.2, 0.25) is 0 Å². The van der Waals surface area contributed by atoms with E-state index in [-0.39, 0.29) is 11.5 Å². The number of aromatic amines is 1. The molecule has 24 heavy (non-hydrogen) atoms. The van der Waals surface area contributed by atoms with E-state index < -0.39 is 6.10 Å². The molecule has 3 aromatic rings. The number of hydrogen-bond acceptors (Lipinski definition) is 6. The number of aryl methyl sites for hydroxylation is 3. The average Bonchev–Trinajstić information content (AvgIpc) is 3.14. The molecular formula is C17H18N2O3S2. The van der Waals surface area contributed by atoms with Crippen molar-refractivity contribution in [3.05, 3.63) is 49.0 Å². The van der Waals surface area contributed by atoms with Gasteiger partial charge >= 0.3 is 5.97 Å². The number of hydrogen-bond donors (Lipinski definition) is 1. The molecule has 0 amide bonds. The second-order valence-electron chi connectivity index (χ2n) is 5.63. The minimum absolute atomic E-state index is 0.182. The first-order chi connectivity index (χ1) is 11.5. The van der Waals surface area contributed by atoms with E-state index in [2.05, 4.69) is 9.97 Å². The summed E-state index contributed by atoms with van der Waals surface area (Å²) >= 11 is 3.10. The van der Waals surface area contributed by atoms with E-state index in [1.165, 1.54) is 11.3 Å². The molecule has 0 saturated heterocycles. The maximum atomic E-state index is 12.3. The second-order valence-corrected chi connectivity index (χ2v) is 7.86. The summed E-state index contributed by atoms with van der Waals surface area (Å²) in [7, 11) is 0. The van der Waals surface area contributed by atoms with Crippen molar-refractivity contribution in [3.63, 3.8) is 0 Å². The molecule has 3 aromatic heterocycles. The lowest BCUT2D eigenvalue weighted by atomic mass is 10.2. The van der Waals surface area contributed by atoms with Gasteiger partial charge in [-0.1, -0.05) is 6.07 Å². The van der Waals surface area contributed by atoms with Crippen LogP contribution in [0.15, 0.2) is 22.3 Å². The topological polar surface area (TPSA) is 72.0 Å². The van der Waals surface area contributed by atoms with Crippen LogP contribution in [0.25, 0.3) is 10.2 Å². The lowest BCUT2D eigenvalue weighted by Gasteiger charge is -2.12. The Hall–Kier alpha value is -1.99. The Morgan fingerprint density at radius 1 is 1.42 bits per heavy atom. The first-order valence-electron chi connectivity index (χ1n) is 7.67. The Balaban J connectivity index is 1.72. The quantitative estimate of drug-likeness (QED) is 0.699. The first-order valence-corrected chi connectivity index (χ1v) is 9.37. The minimum Gasteiger partial charge on any atom is -0.454 e. The van der Waals surface area contributed by atoms with E-state index in [1.807, 2.05) is 31.4 Å². The molecule has 0 aromatic carbocycles. The number of aromatic nitrogens is 2. The number of nitrogens with zero attached hydrogens (tertiary/aromatic N) is 1. The lowest BCUT2D eigenvalue weighted by Crippen LogP contribution is -2.17. The fourth-order valence-electron chi connectivity index (χ4n) is 2.46. The summed E-state index contributed by atoms with van der Waals surface area (Å²) in [6.45, 7) is 5.61. The number of rotatable bonds is 5. The Morgan fingerprint density at radius 2 is 2.21 bits per heavy atom. The summed E-state index contributed by atoms with van der Waals surface area (Å²) in [5, 5.41) is 2.61. The largest absolute Gasteiger partial charge is 0.454 e. The predicted molar refractivity (Wildman–Crippen MR) is 96.9 cm³/mol. The van der Waals surface area contributed by atoms with Gasteiger partial charge in [-0.3, -0.25) is 9.59 Å². The Labute approximate surface area is 147 Å². The Morgan fingerprint density at radius 3 is 2.92 bits per heavy atom. The van der Waals surface area contributed by atoms with E-state index >= 15 is 0 Å². The number of fused-ring (bicyclic) bond motifs is 1. The Bertz CT molecular complexity index is 925. The van der Waals surface area contributed by atoms with E-state index in [0.717, 1.165) is 15.3 Å². The fourth-order valence-corrected chi connectivity index (χ4v) is 4.20. The first kappa shape index (κ1) is 16.9. The van der Waals surface area contributed by atoms with Gasteiger partial charge in [0, 0.05) is 9.75 Å². The van der Waals surface area contributed by atoms with Gasteiger partial charge in [0.05, 0.1) is 11.8 Å². The van der Waals surface area contributed by atoms with E-state index in [9.17, 15) is 9.59 Å². The highest BCUT2D eigenvalue weighted by atomic mass is 32.1. The van der Waals surface area contributed by atoms with Crippen molar-refractivity contribution < 1.29 is 9.53 Å². The molecule has 0 unspecified atom stereocenters. The number of carbonyl (C=O) groups is 1. The smallest absolute Gasteiger partial charge is 0.306 e. The van der Waals surface area contributed by atoms with E-state index in [1.54, 1.807) is 18.3 Å². The van der Waals surface area contributed by atoms with Crippen LogP contribution in [0.4, 0.5) is 0 Å². The zero-order valence-electron chi connectivity index (χ0n) is 13.7. The van der Waals surface area contributed by atoms with Gasteiger partial charge in [-0.05, 0) is 44.2 Å². The lowest BCUT2D eigenvalue weighted by molar-refractivity contribution is -0.148. The second kappa shape index (κ2) is 6.86. The molecule has 0 aliphatic heterocycles. The summed E-state index contributed by atoms with van der Waals surface area (Å²) in [6, 6.07) is 3.96. The normalized spacial score (nSPS) is 12.5. The third-order valence-corrected chi connectivity index (χ3v) is 5.94.